The lowest BCUT2D eigenvalue weighted by atomic mass is 9.98. The maximum absolute atomic E-state index is 13.1. The van der Waals surface area contributed by atoms with Crippen molar-refractivity contribution in [2.24, 2.45) is 5.92 Å². The molecule has 34 heavy (non-hydrogen) atoms. The number of likely N-dealkylation sites (tertiary alicyclic amines) is 1. The van der Waals surface area contributed by atoms with E-state index in [0.717, 1.165) is 23.6 Å². The highest BCUT2D eigenvalue weighted by Gasteiger charge is 2.26. The van der Waals surface area contributed by atoms with Gasteiger partial charge in [-0.05, 0) is 48.4 Å². The van der Waals surface area contributed by atoms with Crippen LogP contribution in [0, 0.1) is 5.92 Å². The SMILES string of the molecule is COc1ccc(S(=O)(=O)NCCOc2cccc3ccccc23)cc1C(=O)N1CCC(C)CC1. The molecule has 0 saturated carbocycles. The largest absolute Gasteiger partial charge is 0.496 e. The predicted molar refractivity (Wildman–Crippen MR) is 132 cm³/mol. The Balaban J connectivity index is 1.43. The Morgan fingerprint density at radius 1 is 1.03 bits per heavy atom. The van der Waals surface area contributed by atoms with Gasteiger partial charge in [-0.1, -0.05) is 43.3 Å². The summed E-state index contributed by atoms with van der Waals surface area (Å²) in [5, 5.41) is 2.03. The van der Waals surface area contributed by atoms with Gasteiger partial charge in [0.25, 0.3) is 5.91 Å². The number of methoxy groups -OCH3 is 1. The van der Waals surface area contributed by atoms with Crippen molar-refractivity contribution in [3.8, 4) is 11.5 Å². The molecule has 1 N–H and O–H groups in total. The van der Waals surface area contributed by atoms with Crippen LogP contribution >= 0.6 is 0 Å². The van der Waals surface area contributed by atoms with Crippen molar-refractivity contribution in [1.82, 2.24) is 9.62 Å². The lowest BCUT2D eigenvalue weighted by Gasteiger charge is -2.30. The summed E-state index contributed by atoms with van der Waals surface area (Å²) in [6, 6.07) is 18.0. The first-order valence-corrected chi connectivity index (χ1v) is 12.9. The Hall–Kier alpha value is -3.10. The predicted octanol–water partition coefficient (Wildman–Crippen LogP) is 4.08. The molecular formula is C26H30N2O5S. The minimum Gasteiger partial charge on any atom is -0.496 e. The second-order valence-electron chi connectivity index (χ2n) is 8.56. The highest BCUT2D eigenvalue weighted by Crippen LogP contribution is 2.27. The average molecular weight is 483 g/mol. The number of carbonyl (C=O) groups excluding carboxylic acids is 1. The lowest BCUT2D eigenvalue weighted by molar-refractivity contribution is 0.0693. The molecule has 4 rings (SSSR count). The maximum atomic E-state index is 13.1. The molecule has 0 atom stereocenters. The lowest BCUT2D eigenvalue weighted by Crippen LogP contribution is -2.38. The quantitative estimate of drug-likeness (QED) is 0.489. The first kappa shape index (κ1) is 24.0. The van der Waals surface area contributed by atoms with Crippen LogP contribution in [0.3, 0.4) is 0 Å². The van der Waals surface area contributed by atoms with Crippen LogP contribution in [0.4, 0.5) is 0 Å². The van der Waals surface area contributed by atoms with Gasteiger partial charge in [-0.3, -0.25) is 4.79 Å². The molecule has 0 unspecified atom stereocenters. The molecule has 8 heteroatoms. The Labute approximate surface area is 200 Å². The smallest absolute Gasteiger partial charge is 0.257 e. The van der Waals surface area contributed by atoms with Crippen molar-refractivity contribution in [2.75, 3.05) is 33.4 Å². The molecule has 3 aromatic carbocycles. The van der Waals surface area contributed by atoms with E-state index in [4.69, 9.17) is 9.47 Å². The zero-order valence-electron chi connectivity index (χ0n) is 19.5. The topological polar surface area (TPSA) is 84.9 Å². The summed E-state index contributed by atoms with van der Waals surface area (Å²) < 4.78 is 39.6. The number of sulfonamides is 1. The molecule has 1 fully saturated rings. The van der Waals surface area contributed by atoms with Gasteiger partial charge in [0.1, 0.15) is 18.1 Å². The Morgan fingerprint density at radius 2 is 1.76 bits per heavy atom. The monoisotopic (exact) mass is 482 g/mol. The van der Waals surface area contributed by atoms with E-state index in [2.05, 4.69) is 11.6 Å². The van der Waals surface area contributed by atoms with Gasteiger partial charge in [-0.2, -0.15) is 0 Å². The molecule has 3 aromatic rings. The molecule has 180 valence electrons. The molecule has 1 aliphatic heterocycles. The highest BCUT2D eigenvalue weighted by molar-refractivity contribution is 7.89. The molecule has 0 aromatic heterocycles. The number of nitrogens with one attached hydrogen (secondary N) is 1. The summed E-state index contributed by atoms with van der Waals surface area (Å²) in [4.78, 5) is 14.9. The van der Waals surface area contributed by atoms with Crippen molar-refractivity contribution >= 4 is 26.7 Å². The van der Waals surface area contributed by atoms with Crippen LogP contribution in [-0.2, 0) is 10.0 Å². The third kappa shape index (κ3) is 5.34. The third-order valence-corrected chi connectivity index (χ3v) is 7.64. The molecule has 1 aliphatic rings. The van der Waals surface area contributed by atoms with Crippen LogP contribution < -0.4 is 14.2 Å². The van der Waals surface area contributed by atoms with Crippen LogP contribution in [0.2, 0.25) is 0 Å². The van der Waals surface area contributed by atoms with Crippen LogP contribution in [0.15, 0.2) is 65.6 Å². The summed E-state index contributed by atoms with van der Waals surface area (Å²) >= 11 is 0. The Bertz CT molecular complexity index is 1260. The zero-order valence-corrected chi connectivity index (χ0v) is 20.3. The van der Waals surface area contributed by atoms with E-state index in [-0.39, 0.29) is 29.5 Å². The van der Waals surface area contributed by atoms with Gasteiger partial charge in [0.15, 0.2) is 0 Å². The molecule has 0 spiro atoms. The molecule has 0 bridgehead atoms. The summed E-state index contributed by atoms with van der Waals surface area (Å²) in [6.45, 7) is 3.74. The van der Waals surface area contributed by atoms with Gasteiger partial charge in [0.2, 0.25) is 10.0 Å². The van der Waals surface area contributed by atoms with Gasteiger partial charge < -0.3 is 14.4 Å². The number of hydrogen-bond acceptors (Lipinski definition) is 5. The van der Waals surface area contributed by atoms with E-state index < -0.39 is 10.0 Å². The normalized spacial score (nSPS) is 14.8. The highest BCUT2D eigenvalue weighted by atomic mass is 32.2. The number of hydrogen-bond donors (Lipinski definition) is 1. The van der Waals surface area contributed by atoms with E-state index in [1.165, 1.54) is 25.3 Å². The zero-order chi connectivity index (χ0) is 24.1. The second-order valence-corrected chi connectivity index (χ2v) is 10.3. The number of carbonyl (C=O) groups is 1. The van der Waals surface area contributed by atoms with Gasteiger partial charge in [0.05, 0.1) is 17.6 Å². The van der Waals surface area contributed by atoms with Crippen LogP contribution in [0.5, 0.6) is 11.5 Å². The molecular weight excluding hydrogens is 452 g/mol. The van der Waals surface area contributed by atoms with E-state index >= 15 is 0 Å². The molecule has 1 heterocycles. The molecule has 0 aliphatic carbocycles. The van der Waals surface area contributed by atoms with Gasteiger partial charge >= 0.3 is 0 Å². The summed E-state index contributed by atoms with van der Waals surface area (Å²) in [5.41, 5.74) is 0.256. The minimum absolute atomic E-state index is 0.0205. The first-order valence-electron chi connectivity index (χ1n) is 11.5. The fourth-order valence-electron chi connectivity index (χ4n) is 4.15. The second kappa shape index (κ2) is 10.4. The minimum atomic E-state index is -3.83. The number of nitrogens with zero attached hydrogens (tertiary/aromatic N) is 1. The number of rotatable bonds is 8. The Kier molecular flexibility index (Phi) is 7.38. The van der Waals surface area contributed by atoms with Crippen LogP contribution in [0.1, 0.15) is 30.1 Å². The summed E-state index contributed by atoms with van der Waals surface area (Å²) in [6.07, 6.45) is 1.87. The van der Waals surface area contributed by atoms with E-state index in [9.17, 15) is 13.2 Å². The van der Waals surface area contributed by atoms with Crippen LogP contribution in [-0.4, -0.2) is 52.6 Å². The van der Waals surface area contributed by atoms with Crippen molar-refractivity contribution in [1.29, 1.82) is 0 Å². The van der Waals surface area contributed by atoms with E-state index in [1.807, 2.05) is 42.5 Å². The molecule has 0 radical (unpaired) electrons. The van der Waals surface area contributed by atoms with Crippen molar-refractivity contribution in [3.05, 3.63) is 66.2 Å². The summed E-state index contributed by atoms with van der Waals surface area (Å²) in [7, 11) is -2.36. The average Bonchev–Trinajstić information content (AvgIpc) is 2.86. The number of fused-ring (bicyclic) bond motifs is 1. The van der Waals surface area contributed by atoms with Gasteiger partial charge in [-0.25, -0.2) is 13.1 Å². The van der Waals surface area contributed by atoms with Crippen molar-refractivity contribution in [2.45, 2.75) is 24.7 Å². The van der Waals surface area contributed by atoms with Crippen molar-refractivity contribution < 1.29 is 22.7 Å². The number of ether oxygens (including phenoxy) is 2. The summed E-state index contributed by atoms with van der Waals surface area (Å²) in [5.74, 6) is 1.44. The fourth-order valence-corrected chi connectivity index (χ4v) is 5.18. The molecule has 1 amide bonds. The first-order chi connectivity index (χ1) is 16.4. The van der Waals surface area contributed by atoms with Crippen molar-refractivity contribution in [3.63, 3.8) is 0 Å². The molecule has 1 saturated heterocycles. The number of benzene rings is 3. The molecule has 7 nitrogen and oxygen atoms in total. The maximum Gasteiger partial charge on any atom is 0.257 e. The van der Waals surface area contributed by atoms with Gasteiger partial charge in [0, 0.05) is 25.0 Å². The van der Waals surface area contributed by atoms with Gasteiger partial charge in [-0.15, -0.1) is 0 Å². The van der Waals surface area contributed by atoms with E-state index in [0.29, 0.717) is 30.5 Å². The fraction of sp³-hybridized carbons (Fsp3) is 0.346. The third-order valence-electron chi connectivity index (χ3n) is 6.18. The number of piperidine rings is 1. The standard InChI is InChI=1S/C26H30N2O5S/c1-19-12-15-28(16-13-19)26(29)23-18-21(10-11-24(23)32-2)34(30,31)27-14-17-33-25-9-5-7-20-6-3-4-8-22(20)25/h3-11,18-19,27H,12-17H2,1-2H3. The van der Waals surface area contributed by atoms with Crippen LogP contribution in [0.25, 0.3) is 10.8 Å². The number of amides is 1. The van der Waals surface area contributed by atoms with E-state index in [1.54, 1.807) is 4.90 Å². The Morgan fingerprint density at radius 3 is 2.53 bits per heavy atom.